The molecule has 0 atom stereocenters. The van der Waals surface area contributed by atoms with Gasteiger partial charge in [-0.05, 0) is 49.7 Å². The summed E-state index contributed by atoms with van der Waals surface area (Å²) in [4.78, 5) is 4.43. The van der Waals surface area contributed by atoms with Gasteiger partial charge in [0, 0.05) is 11.9 Å². The zero-order valence-electron chi connectivity index (χ0n) is 8.46. The Morgan fingerprint density at radius 2 is 2.15 bits per heavy atom. The summed E-state index contributed by atoms with van der Waals surface area (Å²) in [6.07, 6.45) is 5.95. The summed E-state index contributed by atoms with van der Waals surface area (Å²) in [6.45, 7) is 4.42. The SMILES string of the molecule is Cc1ccc(C[C@H]2C[C@H](C)C2)nc1. The van der Waals surface area contributed by atoms with Crippen molar-refractivity contribution in [2.45, 2.75) is 33.1 Å². The molecule has 0 spiro atoms. The normalized spacial score (nSPS) is 26.9. The van der Waals surface area contributed by atoms with Gasteiger partial charge in [0.15, 0.2) is 0 Å². The van der Waals surface area contributed by atoms with Gasteiger partial charge in [-0.2, -0.15) is 0 Å². The number of hydrogen-bond acceptors (Lipinski definition) is 1. The van der Waals surface area contributed by atoms with Gasteiger partial charge >= 0.3 is 0 Å². The van der Waals surface area contributed by atoms with E-state index in [-0.39, 0.29) is 0 Å². The summed E-state index contributed by atoms with van der Waals surface area (Å²) < 4.78 is 0. The van der Waals surface area contributed by atoms with Crippen LogP contribution in [-0.2, 0) is 6.42 Å². The van der Waals surface area contributed by atoms with E-state index in [0.29, 0.717) is 0 Å². The third-order valence-electron chi connectivity index (χ3n) is 2.94. The van der Waals surface area contributed by atoms with E-state index in [0.717, 1.165) is 11.8 Å². The zero-order valence-corrected chi connectivity index (χ0v) is 8.46. The highest BCUT2D eigenvalue weighted by molar-refractivity contribution is 5.13. The molecule has 0 bridgehead atoms. The van der Waals surface area contributed by atoms with Crippen molar-refractivity contribution in [3.8, 4) is 0 Å². The Morgan fingerprint density at radius 3 is 2.69 bits per heavy atom. The van der Waals surface area contributed by atoms with Gasteiger partial charge < -0.3 is 0 Å². The standard InChI is InChI=1S/C12H17N/c1-9-3-4-12(13-8-9)7-11-5-10(2)6-11/h3-4,8,10-11H,5-7H2,1-2H3/t10-,11-. The van der Waals surface area contributed by atoms with Crippen molar-refractivity contribution in [3.05, 3.63) is 29.6 Å². The van der Waals surface area contributed by atoms with Crippen LogP contribution in [0.4, 0.5) is 0 Å². The van der Waals surface area contributed by atoms with E-state index in [1.54, 1.807) is 0 Å². The smallest absolute Gasteiger partial charge is 0.0406 e. The van der Waals surface area contributed by atoms with Gasteiger partial charge in [-0.15, -0.1) is 0 Å². The Hall–Kier alpha value is -0.850. The predicted molar refractivity (Wildman–Crippen MR) is 54.6 cm³/mol. The quantitative estimate of drug-likeness (QED) is 0.673. The van der Waals surface area contributed by atoms with E-state index in [4.69, 9.17) is 0 Å². The monoisotopic (exact) mass is 175 g/mol. The van der Waals surface area contributed by atoms with Gasteiger partial charge in [0.1, 0.15) is 0 Å². The molecule has 1 saturated carbocycles. The minimum atomic E-state index is 0.908. The topological polar surface area (TPSA) is 12.9 Å². The third-order valence-corrected chi connectivity index (χ3v) is 2.94. The molecule has 0 amide bonds. The summed E-state index contributed by atoms with van der Waals surface area (Å²) in [5.74, 6) is 1.86. The minimum absolute atomic E-state index is 0.908. The number of pyridine rings is 1. The number of nitrogens with zero attached hydrogens (tertiary/aromatic N) is 1. The van der Waals surface area contributed by atoms with Crippen LogP contribution in [0.15, 0.2) is 18.3 Å². The molecule has 0 aromatic carbocycles. The van der Waals surface area contributed by atoms with Crippen molar-refractivity contribution in [2.75, 3.05) is 0 Å². The lowest BCUT2D eigenvalue weighted by atomic mass is 9.74. The van der Waals surface area contributed by atoms with Crippen LogP contribution in [-0.4, -0.2) is 4.98 Å². The van der Waals surface area contributed by atoms with Gasteiger partial charge in [0.2, 0.25) is 0 Å². The molecule has 0 unspecified atom stereocenters. The number of aromatic nitrogens is 1. The lowest BCUT2D eigenvalue weighted by Crippen LogP contribution is -2.23. The molecule has 1 aromatic rings. The maximum atomic E-state index is 4.43. The molecular formula is C12H17N. The summed E-state index contributed by atoms with van der Waals surface area (Å²) in [5.41, 5.74) is 2.52. The number of rotatable bonds is 2. The highest BCUT2D eigenvalue weighted by Crippen LogP contribution is 2.34. The molecule has 0 saturated heterocycles. The van der Waals surface area contributed by atoms with Crippen LogP contribution in [0.5, 0.6) is 0 Å². The van der Waals surface area contributed by atoms with E-state index < -0.39 is 0 Å². The van der Waals surface area contributed by atoms with Gasteiger partial charge in [0.05, 0.1) is 0 Å². The Kier molecular flexibility index (Phi) is 2.34. The van der Waals surface area contributed by atoms with Crippen LogP contribution >= 0.6 is 0 Å². The van der Waals surface area contributed by atoms with Gasteiger partial charge in [-0.1, -0.05) is 13.0 Å². The first kappa shape index (κ1) is 8.74. The summed E-state index contributed by atoms with van der Waals surface area (Å²) in [6, 6.07) is 4.32. The Labute approximate surface area is 80.2 Å². The molecule has 13 heavy (non-hydrogen) atoms. The molecule has 1 aromatic heterocycles. The molecule has 1 fully saturated rings. The van der Waals surface area contributed by atoms with Crippen LogP contribution < -0.4 is 0 Å². The Balaban J connectivity index is 1.91. The van der Waals surface area contributed by atoms with E-state index in [1.807, 2.05) is 6.20 Å². The van der Waals surface area contributed by atoms with Crippen molar-refractivity contribution in [3.63, 3.8) is 0 Å². The average molecular weight is 175 g/mol. The lowest BCUT2D eigenvalue weighted by molar-refractivity contribution is 0.210. The first-order valence-corrected chi connectivity index (χ1v) is 5.15. The predicted octanol–water partition coefficient (Wildman–Crippen LogP) is 2.98. The van der Waals surface area contributed by atoms with Crippen LogP contribution in [0, 0.1) is 18.8 Å². The summed E-state index contributed by atoms with van der Waals surface area (Å²) >= 11 is 0. The molecule has 0 aliphatic heterocycles. The molecule has 1 aliphatic carbocycles. The maximum absolute atomic E-state index is 4.43. The van der Waals surface area contributed by atoms with Crippen LogP contribution in [0.25, 0.3) is 0 Å². The molecule has 2 rings (SSSR count). The molecule has 0 N–H and O–H groups in total. The largest absolute Gasteiger partial charge is 0.261 e. The fourth-order valence-corrected chi connectivity index (χ4v) is 2.15. The molecule has 1 heterocycles. The minimum Gasteiger partial charge on any atom is -0.261 e. The molecular weight excluding hydrogens is 158 g/mol. The van der Waals surface area contributed by atoms with Gasteiger partial charge in [0.25, 0.3) is 0 Å². The van der Waals surface area contributed by atoms with Crippen LogP contribution in [0.1, 0.15) is 31.0 Å². The fraction of sp³-hybridized carbons (Fsp3) is 0.583. The second-order valence-electron chi connectivity index (χ2n) is 4.47. The highest BCUT2D eigenvalue weighted by atomic mass is 14.7. The zero-order chi connectivity index (χ0) is 9.26. The Morgan fingerprint density at radius 1 is 1.38 bits per heavy atom. The number of hydrogen-bond donors (Lipinski definition) is 0. The van der Waals surface area contributed by atoms with Crippen molar-refractivity contribution in [1.29, 1.82) is 0 Å². The average Bonchev–Trinajstić information content (AvgIpc) is 2.06. The van der Waals surface area contributed by atoms with Gasteiger partial charge in [-0.25, -0.2) is 0 Å². The second kappa shape index (κ2) is 3.49. The third kappa shape index (κ3) is 2.09. The van der Waals surface area contributed by atoms with E-state index in [1.165, 1.54) is 30.5 Å². The molecule has 70 valence electrons. The van der Waals surface area contributed by atoms with E-state index in [2.05, 4.69) is 31.0 Å². The second-order valence-corrected chi connectivity index (χ2v) is 4.47. The molecule has 0 radical (unpaired) electrons. The molecule has 1 aliphatic rings. The van der Waals surface area contributed by atoms with Crippen molar-refractivity contribution >= 4 is 0 Å². The van der Waals surface area contributed by atoms with Crippen molar-refractivity contribution in [1.82, 2.24) is 4.98 Å². The van der Waals surface area contributed by atoms with Crippen molar-refractivity contribution < 1.29 is 0 Å². The number of aryl methyl sites for hydroxylation is 1. The van der Waals surface area contributed by atoms with Crippen molar-refractivity contribution in [2.24, 2.45) is 11.8 Å². The maximum Gasteiger partial charge on any atom is 0.0406 e. The van der Waals surface area contributed by atoms with Gasteiger partial charge in [-0.3, -0.25) is 4.98 Å². The lowest BCUT2D eigenvalue weighted by Gasteiger charge is -2.32. The van der Waals surface area contributed by atoms with E-state index in [9.17, 15) is 0 Å². The van der Waals surface area contributed by atoms with Crippen LogP contribution in [0.3, 0.4) is 0 Å². The summed E-state index contributed by atoms with van der Waals surface area (Å²) in [5, 5.41) is 0. The molecule has 1 nitrogen and oxygen atoms in total. The molecule has 1 heteroatoms. The van der Waals surface area contributed by atoms with E-state index >= 15 is 0 Å². The highest BCUT2D eigenvalue weighted by Gasteiger charge is 2.25. The summed E-state index contributed by atoms with van der Waals surface area (Å²) in [7, 11) is 0. The fourth-order valence-electron chi connectivity index (χ4n) is 2.15. The Bertz CT molecular complexity index is 270. The van der Waals surface area contributed by atoms with Crippen LogP contribution in [0.2, 0.25) is 0 Å². The first-order chi connectivity index (χ1) is 6.24. The first-order valence-electron chi connectivity index (χ1n) is 5.15.